The molecular formula is C17H18N8OS. The van der Waals surface area contributed by atoms with Gasteiger partial charge in [-0.1, -0.05) is 30.0 Å². The molecule has 0 spiro atoms. The van der Waals surface area contributed by atoms with Gasteiger partial charge in [-0.2, -0.15) is 0 Å². The Hall–Kier alpha value is -3.14. The van der Waals surface area contributed by atoms with Crippen molar-refractivity contribution in [3.8, 4) is 0 Å². The highest BCUT2D eigenvalue weighted by Crippen LogP contribution is 2.23. The first-order valence-corrected chi connectivity index (χ1v) is 9.42. The molecule has 2 N–H and O–H groups in total. The molecule has 0 unspecified atom stereocenters. The second kappa shape index (κ2) is 6.88. The number of anilines is 1. The molecule has 0 aliphatic carbocycles. The molecule has 138 valence electrons. The number of aromatic nitrogens is 7. The van der Waals surface area contributed by atoms with Crippen LogP contribution in [0.25, 0.3) is 16.7 Å². The molecule has 10 heteroatoms. The maximum absolute atomic E-state index is 12.7. The first kappa shape index (κ1) is 17.3. The molecule has 27 heavy (non-hydrogen) atoms. The third-order valence-corrected chi connectivity index (χ3v) is 5.24. The number of para-hydroxylation sites is 1. The van der Waals surface area contributed by atoms with E-state index in [0.29, 0.717) is 41.1 Å². The summed E-state index contributed by atoms with van der Waals surface area (Å²) in [4.78, 5) is 12.7. The van der Waals surface area contributed by atoms with Crippen molar-refractivity contribution in [3.63, 3.8) is 0 Å². The first-order valence-electron chi connectivity index (χ1n) is 8.43. The van der Waals surface area contributed by atoms with Gasteiger partial charge in [0.15, 0.2) is 5.16 Å². The molecule has 0 bridgehead atoms. The fourth-order valence-corrected chi connectivity index (χ4v) is 3.90. The summed E-state index contributed by atoms with van der Waals surface area (Å²) in [6, 6.07) is 7.48. The lowest BCUT2D eigenvalue weighted by molar-refractivity contribution is 0.731. The van der Waals surface area contributed by atoms with Crippen molar-refractivity contribution in [1.29, 1.82) is 0 Å². The van der Waals surface area contributed by atoms with Gasteiger partial charge in [-0.15, -0.1) is 27.0 Å². The Morgan fingerprint density at radius 3 is 2.78 bits per heavy atom. The van der Waals surface area contributed by atoms with Crippen molar-refractivity contribution < 1.29 is 0 Å². The van der Waals surface area contributed by atoms with Crippen molar-refractivity contribution in [2.75, 3.05) is 5.73 Å². The number of fused-ring (bicyclic) bond motifs is 3. The zero-order valence-electron chi connectivity index (χ0n) is 14.7. The molecule has 4 rings (SSSR count). The van der Waals surface area contributed by atoms with Gasteiger partial charge in [-0.3, -0.25) is 18.3 Å². The van der Waals surface area contributed by atoms with Crippen molar-refractivity contribution in [2.24, 2.45) is 0 Å². The third-order valence-electron chi connectivity index (χ3n) is 4.28. The number of thioether (sulfide) groups is 1. The van der Waals surface area contributed by atoms with Crippen LogP contribution in [0.4, 0.5) is 5.95 Å². The van der Waals surface area contributed by atoms with Crippen molar-refractivity contribution in [1.82, 2.24) is 33.9 Å². The Labute approximate surface area is 158 Å². The molecule has 9 nitrogen and oxygen atoms in total. The van der Waals surface area contributed by atoms with E-state index in [1.807, 2.05) is 35.6 Å². The number of hydrogen-bond acceptors (Lipinski definition) is 7. The number of aryl methyl sites for hydroxylation is 1. The predicted octanol–water partition coefficient (Wildman–Crippen LogP) is 1.72. The van der Waals surface area contributed by atoms with E-state index in [1.165, 1.54) is 11.8 Å². The lowest BCUT2D eigenvalue weighted by Crippen LogP contribution is -2.22. The number of nitrogens with zero attached hydrogens (tertiary/aromatic N) is 7. The highest BCUT2D eigenvalue weighted by Gasteiger charge is 2.17. The minimum atomic E-state index is -0.0642. The molecule has 0 amide bonds. The smallest absolute Gasteiger partial charge is 0.262 e. The van der Waals surface area contributed by atoms with E-state index in [1.54, 1.807) is 15.2 Å². The molecule has 0 saturated carbocycles. The molecule has 0 aliphatic rings. The molecule has 3 heterocycles. The summed E-state index contributed by atoms with van der Waals surface area (Å²) in [7, 11) is 0. The van der Waals surface area contributed by atoms with Gasteiger partial charge >= 0.3 is 0 Å². The normalized spacial score (nSPS) is 11.4. The summed E-state index contributed by atoms with van der Waals surface area (Å²) >= 11 is 1.46. The van der Waals surface area contributed by atoms with Crippen LogP contribution in [0.5, 0.6) is 0 Å². The van der Waals surface area contributed by atoms with Gasteiger partial charge in [0.1, 0.15) is 5.82 Å². The Morgan fingerprint density at radius 1 is 1.19 bits per heavy atom. The molecule has 0 radical (unpaired) electrons. The van der Waals surface area contributed by atoms with Crippen molar-refractivity contribution in [2.45, 2.75) is 30.9 Å². The van der Waals surface area contributed by atoms with E-state index >= 15 is 0 Å². The van der Waals surface area contributed by atoms with E-state index in [4.69, 9.17) is 5.73 Å². The van der Waals surface area contributed by atoms with Gasteiger partial charge < -0.3 is 5.73 Å². The minimum absolute atomic E-state index is 0.0642. The second-order valence-electron chi connectivity index (χ2n) is 5.85. The SMILES string of the molecule is C=CCn1c(N)nnc1SCc1nnc2n(CC)c(=O)c3ccccc3n12. The highest BCUT2D eigenvalue weighted by molar-refractivity contribution is 7.98. The zero-order chi connectivity index (χ0) is 19.0. The van der Waals surface area contributed by atoms with Crippen LogP contribution in [0, 0.1) is 0 Å². The number of benzene rings is 1. The number of allylic oxidation sites excluding steroid dienone is 1. The molecule has 0 atom stereocenters. The maximum atomic E-state index is 12.7. The lowest BCUT2D eigenvalue weighted by atomic mass is 10.2. The number of hydrogen-bond donors (Lipinski definition) is 1. The molecule has 0 fully saturated rings. The lowest BCUT2D eigenvalue weighted by Gasteiger charge is -2.09. The maximum Gasteiger partial charge on any atom is 0.262 e. The highest BCUT2D eigenvalue weighted by atomic mass is 32.2. The van der Waals surface area contributed by atoms with E-state index in [-0.39, 0.29) is 5.56 Å². The van der Waals surface area contributed by atoms with E-state index in [0.717, 1.165) is 11.3 Å². The molecule has 4 aromatic rings. The van der Waals surface area contributed by atoms with Crippen LogP contribution in [-0.4, -0.2) is 33.9 Å². The number of nitrogen functional groups attached to an aromatic ring is 1. The van der Waals surface area contributed by atoms with Crippen LogP contribution in [0.2, 0.25) is 0 Å². The Kier molecular flexibility index (Phi) is 4.40. The molecule has 3 aromatic heterocycles. The van der Waals surface area contributed by atoms with Gasteiger partial charge in [0.05, 0.1) is 16.7 Å². The van der Waals surface area contributed by atoms with Crippen LogP contribution in [-0.2, 0) is 18.8 Å². The third kappa shape index (κ3) is 2.78. The van der Waals surface area contributed by atoms with Gasteiger partial charge in [0.2, 0.25) is 11.7 Å². The van der Waals surface area contributed by atoms with Crippen LogP contribution < -0.4 is 11.3 Å². The summed E-state index contributed by atoms with van der Waals surface area (Å²) in [5.74, 6) is 2.10. The summed E-state index contributed by atoms with van der Waals surface area (Å²) in [5, 5.41) is 17.9. The second-order valence-corrected chi connectivity index (χ2v) is 6.79. The van der Waals surface area contributed by atoms with Gasteiger partial charge in [0.25, 0.3) is 5.56 Å². The summed E-state index contributed by atoms with van der Waals surface area (Å²) in [6.07, 6.45) is 1.74. The molecule has 1 aromatic carbocycles. The Balaban J connectivity index is 1.81. The minimum Gasteiger partial charge on any atom is -0.368 e. The van der Waals surface area contributed by atoms with E-state index in [9.17, 15) is 4.79 Å². The predicted molar refractivity (Wildman–Crippen MR) is 105 cm³/mol. The van der Waals surface area contributed by atoms with E-state index < -0.39 is 0 Å². The van der Waals surface area contributed by atoms with Crippen LogP contribution in [0.3, 0.4) is 0 Å². The summed E-state index contributed by atoms with van der Waals surface area (Å²) < 4.78 is 5.33. The number of nitrogens with two attached hydrogens (primary N) is 1. The molecule has 0 aliphatic heterocycles. The average Bonchev–Trinajstić information content (AvgIpc) is 3.25. The van der Waals surface area contributed by atoms with Crippen molar-refractivity contribution >= 4 is 34.4 Å². The zero-order valence-corrected chi connectivity index (χ0v) is 15.6. The van der Waals surface area contributed by atoms with Gasteiger partial charge in [-0.05, 0) is 19.1 Å². The Morgan fingerprint density at radius 2 is 2.00 bits per heavy atom. The topological polar surface area (TPSA) is 109 Å². The van der Waals surface area contributed by atoms with Crippen LogP contribution >= 0.6 is 11.8 Å². The quantitative estimate of drug-likeness (QED) is 0.399. The van der Waals surface area contributed by atoms with Crippen LogP contribution in [0.1, 0.15) is 12.7 Å². The standard InChI is InChI=1S/C17H18N8OS/c1-3-9-24-15(18)20-22-17(24)27-10-13-19-21-16-23(4-2)14(26)11-7-5-6-8-12(11)25(13)16/h3,5-8H,1,4,9-10H2,2H3,(H2,18,20). The monoisotopic (exact) mass is 382 g/mol. The number of rotatable bonds is 6. The summed E-state index contributed by atoms with van der Waals surface area (Å²) in [5.41, 5.74) is 6.58. The fraction of sp³-hybridized carbons (Fsp3) is 0.235. The fourth-order valence-electron chi connectivity index (χ4n) is 3.03. The largest absolute Gasteiger partial charge is 0.368 e. The van der Waals surface area contributed by atoms with E-state index in [2.05, 4.69) is 27.0 Å². The van der Waals surface area contributed by atoms with Crippen LogP contribution in [0.15, 0.2) is 46.9 Å². The molecule has 0 saturated heterocycles. The van der Waals surface area contributed by atoms with Gasteiger partial charge in [0, 0.05) is 13.1 Å². The van der Waals surface area contributed by atoms with Gasteiger partial charge in [-0.25, -0.2) is 0 Å². The average molecular weight is 382 g/mol. The molecular weight excluding hydrogens is 364 g/mol. The summed E-state index contributed by atoms with van der Waals surface area (Å²) in [6.45, 7) is 6.69. The first-order chi connectivity index (χ1) is 13.2. The Bertz CT molecular complexity index is 1210. The van der Waals surface area contributed by atoms with Crippen molar-refractivity contribution in [3.05, 3.63) is 53.1 Å².